The molecule has 2 saturated heterocycles. The summed E-state index contributed by atoms with van der Waals surface area (Å²) in [6.45, 7) is 10.1. The summed E-state index contributed by atoms with van der Waals surface area (Å²) in [4.78, 5) is 22.7. The molecule has 2 aliphatic heterocycles. The average molecular weight is 724 g/mol. The molecule has 2 aliphatic rings. The van der Waals surface area contributed by atoms with E-state index in [2.05, 4.69) is 52.9 Å². The van der Waals surface area contributed by atoms with E-state index in [9.17, 15) is 15.2 Å². The molecule has 1 amide bonds. The van der Waals surface area contributed by atoms with Crippen molar-refractivity contribution in [1.82, 2.24) is 19.7 Å². The number of benzene rings is 3. The Balaban J connectivity index is 1.17. The number of β-amino-alcohol motifs (C(OH)–C–C–N with tert-alkyl or cyclic N) is 1. The summed E-state index contributed by atoms with van der Waals surface area (Å²) in [5.74, 6) is 2.01. The topological polar surface area (TPSA) is 111 Å². The van der Waals surface area contributed by atoms with Gasteiger partial charge < -0.3 is 29.1 Å². The van der Waals surface area contributed by atoms with E-state index in [0.717, 1.165) is 83.7 Å². The molecule has 1 aromatic heterocycles. The summed E-state index contributed by atoms with van der Waals surface area (Å²) in [5, 5.41) is 19.6. The number of pyridine rings is 1. The molecule has 10 nitrogen and oxygen atoms in total. The minimum Gasteiger partial charge on any atom is -0.493 e. The van der Waals surface area contributed by atoms with Crippen LogP contribution in [0.5, 0.6) is 17.2 Å². The number of likely N-dealkylation sites (N-methyl/N-ethyl adjacent to an activating group) is 1. The summed E-state index contributed by atoms with van der Waals surface area (Å²) < 4.78 is 18.9. The number of nitriles is 1. The van der Waals surface area contributed by atoms with Crippen molar-refractivity contribution < 1.29 is 24.1 Å². The molecule has 1 atom stereocenters. The third-order valence-electron chi connectivity index (χ3n) is 9.89. The highest BCUT2D eigenvalue weighted by molar-refractivity contribution is 6.32. The van der Waals surface area contributed by atoms with Crippen molar-refractivity contribution in [3.8, 4) is 34.4 Å². The van der Waals surface area contributed by atoms with E-state index in [0.29, 0.717) is 54.9 Å². The van der Waals surface area contributed by atoms with Crippen LogP contribution in [0, 0.1) is 25.2 Å². The molecule has 0 radical (unpaired) electrons. The number of nitrogens with zero attached hydrogens (tertiary/aromatic N) is 5. The molecule has 1 unspecified atom stereocenters. The van der Waals surface area contributed by atoms with E-state index in [4.69, 9.17) is 25.8 Å². The number of amides is 1. The number of aliphatic hydroxyl groups excluding tert-OH is 1. The molecule has 272 valence electrons. The van der Waals surface area contributed by atoms with Gasteiger partial charge in [0.05, 0.1) is 29.8 Å². The zero-order valence-corrected chi connectivity index (χ0v) is 30.9. The first-order valence-corrected chi connectivity index (χ1v) is 18.2. The van der Waals surface area contributed by atoms with Crippen LogP contribution < -0.4 is 14.2 Å². The number of likely N-dealkylation sites (tertiary alicyclic amines) is 1. The van der Waals surface area contributed by atoms with Gasteiger partial charge in [-0.3, -0.25) is 14.7 Å². The van der Waals surface area contributed by atoms with Gasteiger partial charge in [-0.05, 0) is 72.7 Å². The number of ether oxygens (including phenoxy) is 3. The van der Waals surface area contributed by atoms with Crippen molar-refractivity contribution in [2.45, 2.75) is 52.6 Å². The van der Waals surface area contributed by atoms with Crippen LogP contribution in [0.1, 0.15) is 46.2 Å². The summed E-state index contributed by atoms with van der Waals surface area (Å²) in [6.07, 6.45) is 4.73. The number of hydrogen-bond donors (Lipinski definition) is 1. The summed E-state index contributed by atoms with van der Waals surface area (Å²) in [6, 6.07) is 19.9. The third kappa shape index (κ3) is 9.22. The maximum Gasteiger partial charge on any atom is 0.236 e. The van der Waals surface area contributed by atoms with Gasteiger partial charge in [0, 0.05) is 75.9 Å². The van der Waals surface area contributed by atoms with Gasteiger partial charge in [0.1, 0.15) is 36.5 Å². The van der Waals surface area contributed by atoms with Crippen LogP contribution in [0.25, 0.3) is 11.1 Å². The first kappa shape index (κ1) is 37.1. The smallest absolute Gasteiger partial charge is 0.236 e. The maximum absolute atomic E-state index is 12.4. The second-order valence-electron chi connectivity index (χ2n) is 13.7. The van der Waals surface area contributed by atoms with Gasteiger partial charge in [0.2, 0.25) is 5.91 Å². The molecule has 6 rings (SSSR count). The number of halogens is 1. The van der Waals surface area contributed by atoms with Crippen molar-refractivity contribution >= 4 is 17.5 Å². The van der Waals surface area contributed by atoms with E-state index in [1.807, 2.05) is 37.4 Å². The molecular formula is C41H46ClN5O5. The molecule has 0 saturated carbocycles. The lowest BCUT2D eigenvalue weighted by Gasteiger charge is -2.32. The zero-order chi connectivity index (χ0) is 36.6. The van der Waals surface area contributed by atoms with Crippen LogP contribution in [0.15, 0.2) is 67.0 Å². The molecule has 1 N–H and O–H groups in total. The average Bonchev–Trinajstić information content (AvgIpc) is 3.56. The molecule has 0 spiro atoms. The van der Waals surface area contributed by atoms with Crippen molar-refractivity contribution in [3.05, 3.63) is 105 Å². The number of hydrogen-bond acceptors (Lipinski definition) is 9. The number of piperazine rings is 1. The van der Waals surface area contributed by atoms with Crippen molar-refractivity contribution in [1.29, 1.82) is 5.26 Å². The van der Waals surface area contributed by atoms with Crippen LogP contribution in [0.2, 0.25) is 5.02 Å². The summed E-state index contributed by atoms with van der Waals surface area (Å²) >= 11 is 6.85. The Labute approximate surface area is 311 Å². The largest absolute Gasteiger partial charge is 0.493 e. The van der Waals surface area contributed by atoms with Gasteiger partial charge in [-0.2, -0.15) is 5.26 Å². The number of aliphatic hydroxyl groups is 1. The fourth-order valence-corrected chi connectivity index (χ4v) is 6.99. The number of carbonyl (C=O) groups is 1. The number of rotatable bonds is 14. The van der Waals surface area contributed by atoms with Crippen LogP contribution >= 0.6 is 11.6 Å². The van der Waals surface area contributed by atoms with Crippen LogP contribution in [-0.2, 0) is 24.6 Å². The Morgan fingerprint density at radius 1 is 0.904 bits per heavy atom. The summed E-state index contributed by atoms with van der Waals surface area (Å²) in [7, 11) is 1.82. The Hall–Kier alpha value is -4.66. The highest BCUT2D eigenvalue weighted by atomic mass is 35.5. The van der Waals surface area contributed by atoms with Crippen molar-refractivity contribution in [2.75, 3.05) is 52.9 Å². The first-order chi connectivity index (χ1) is 25.2. The molecule has 0 aliphatic carbocycles. The SMILES string of the molecule is Cc1c(COc2cc(OCc3cncc(C#N)c3)c(CN3CCN(C)C(=O)C3)cc2Cl)cccc1-c1cccc(OCCCN2CCC(O)C2)c1C. The highest BCUT2D eigenvalue weighted by Gasteiger charge is 2.23. The van der Waals surface area contributed by atoms with E-state index in [-0.39, 0.29) is 18.6 Å². The molecule has 2 fully saturated rings. The van der Waals surface area contributed by atoms with Crippen molar-refractivity contribution in [2.24, 2.45) is 0 Å². The third-order valence-corrected chi connectivity index (χ3v) is 10.2. The second kappa shape index (κ2) is 17.2. The normalized spacial score (nSPS) is 16.6. The Morgan fingerprint density at radius 2 is 1.69 bits per heavy atom. The minimum absolute atomic E-state index is 0.0707. The van der Waals surface area contributed by atoms with Crippen LogP contribution in [0.3, 0.4) is 0 Å². The van der Waals surface area contributed by atoms with E-state index < -0.39 is 0 Å². The van der Waals surface area contributed by atoms with Crippen molar-refractivity contribution in [3.63, 3.8) is 0 Å². The molecule has 4 aromatic rings. The van der Waals surface area contributed by atoms with Crippen LogP contribution in [-0.4, -0.2) is 89.7 Å². The lowest BCUT2D eigenvalue weighted by atomic mass is 9.93. The predicted molar refractivity (Wildman–Crippen MR) is 201 cm³/mol. The molecule has 3 aromatic carbocycles. The zero-order valence-electron chi connectivity index (χ0n) is 30.1. The van der Waals surface area contributed by atoms with Gasteiger partial charge in [-0.1, -0.05) is 41.9 Å². The van der Waals surface area contributed by atoms with E-state index in [1.165, 1.54) is 6.20 Å². The summed E-state index contributed by atoms with van der Waals surface area (Å²) in [5.41, 5.74) is 7.48. The minimum atomic E-state index is -0.206. The maximum atomic E-state index is 12.4. The first-order valence-electron chi connectivity index (χ1n) is 17.8. The Kier molecular flexibility index (Phi) is 12.3. The quantitative estimate of drug-likeness (QED) is 0.153. The monoisotopic (exact) mass is 723 g/mol. The Morgan fingerprint density at radius 3 is 2.46 bits per heavy atom. The van der Waals surface area contributed by atoms with Gasteiger partial charge in [-0.15, -0.1) is 0 Å². The lowest BCUT2D eigenvalue weighted by Crippen LogP contribution is -2.48. The number of carbonyl (C=O) groups excluding carboxylic acids is 1. The molecule has 0 bridgehead atoms. The Bertz CT molecular complexity index is 1930. The fourth-order valence-electron chi connectivity index (χ4n) is 6.75. The second-order valence-corrected chi connectivity index (χ2v) is 14.1. The van der Waals surface area contributed by atoms with Gasteiger partial charge >= 0.3 is 0 Å². The molecule has 3 heterocycles. The highest BCUT2D eigenvalue weighted by Crippen LogP contribution is 2.37. The molecule has 52 heavy (non-hydrogen) atoms. The fraction of sp³-hybridized carbons (Fsp3) is 0.390. The molecular weight excluding hydrogens is 678 g/mol. The predicted octanol–water partition coefficient (Wildman–Crippen LogP) is 6.16. The van der Waals surface area contributed by atoms with Gasteiger partial charge in [0.25, 0.3) is 0 Å². The van der Waals surface area contributed by atoms with Gasteiger partial charge in [-0.25, -0.2) is 0 Å². The number of aromatic nitrogens is 1. The lowest BCUT2D eigenvalue weighted by molar-refractivity contribution is -0.134. The van der Waals surface area contributed by atoms with Gasteiger partial charge in [0.15, 0.2) is 0 Å². The van der Waals surface area contributed by atoms with E-state index >= 15 is 0 Å². The standard InChI is InChI=1S/C41H46ClN5O5/c1-28-32(7-4-8-35(28)36-9-5-10-38(29(36)2)50-16-6-12-46-13-11-34(48)24-46)27-52-40-19-39(51-26-31-17-30(20-43)21-44-22-31)33(18-37(40)42)23-47-15-14-45(3)41(49)25-47/h4-5,7-10,17-19,21-22,34,48H,6,11-16,23-27H2,1-3H3. The molecule has 11 heteroatoms. The van der Waals surface area contributed by atoms with Crippen LogP contribution in [0.4, 0.5) is 0 Å². The van der Waals surface area contributed by atoms with E-state index in [1.54, 1.807) is 17.2 Å².